The van der Waals surface area contributed by atoms with Gasteiger partial charge in [-0.05, 0) is 87.3 Å². The van der Waals surface area contributed by atoms with Crippen LogP contribution in [-0.4, -0.2) is 4.57 Å². The molecule has 0 N–H and O–H groups in total. The number of rotatable bonds is 5. The van der Waals surface area contributed by atoms with Gasteiger partial charge in [-0.15, -0.1) is 0 Å². The zero-order valence-electron chi connectivity index (χ0n) is 28.8. The molecule has 2 aromatic heterocycles. The summed E-state index contributed by atoms with van der Waals surface area (Å²) in [5.41, 5.74) is 10.7. The van der Waals surface area contributed by atoms with Crippen molar-refractivity contribution in [2.45, 2.75) is 0 Å². The van der Waals surface area contributed by atoms with Gasteiger partial charge in [0.15, 0.2) is 0 Å². The lowest BCUT2D eigenvalue weighted by Gasteiger charge is -2.27. The Morgan fingerprint density at radius 2 is 1.04 bits per heavy atom. The van der Waals surface area contributed by atoms with Gasteiger partial charge in [0.05, 0.1) is 16.7 Å². The molecule has 11 rings (SSSR count). The van der Waals surface area contributed by atoms with Crippen LogP contribution in [0.2, 0.25) is 0 Å². The number of anilines is 3. The molecule has 0 aliphatic heterocycles. The molecule has 248 valence electrons. The largest absolute Gasteiger partial charge is 0.456 e. The van der Waals surface area contributed by atoms with Crippen molar-refractivity contribution < 1.29 is 4.42 Å². The van der Waals surface area contributed by atoms with E-state index in [2.05, 4.69) is 191 Å². The maximum Gasteiger partial charge on any atom is 0.137 e. The molecule has 0 radical (unpaired) electrons. The topological polar surface area (TPSA) is 21.3 Å². The number of furan rings is 1. The van der Waals surface area contributed by atoms with Crippen molar-refractivity contribution in [1.82, 2.24) is 4.57 Å². The van der Waals surface area contributed by atoms with Crippen molar-refractivity contribution in [2.75, 3.05) is 4.90 Å². The number of hydrogen-bond donors (Lipinski definition) is 0. The van der Waals surface area contributed by atoms with E-state index in [1.165, 1.54) is 49.0 Å². The van der Waals surface area contributed by atoms with Crippen molar-refractivity contribution in [3.05, 3.63) is 194 Å². The molecule has 0 aliphatic rings. The van der Waals surface area contributed by atoms with Crippen LogP contribution in [0.15, 0.2) is 199 Å². The van der Waals surface area contributed by atoms with E-state index in [0.717, 1.165) is 50.2 Å². The van der Waals surface area contributed by atoms with Crippen LogP contribution in [0.3, 0.4) is 0 Å². The maximum absolute atomic E-state index is 6.48. The van der Waals surface area contributed by atoms with Gasteiger partial charge in [-0.25, -0.2) is 0 Å². The summed E-state index contributed by atoms with van der Waals surface area (Å²) in [6.45, 7) is 0. The van der Waals surface area contributed by atoms with Gasteiger partial charge in [-0.1, -0.05) is 133 Å². The minimum absolute atomic E-state index is 0.864. The van der Waals surface area contributed by atoms with Gasteiger partial charge in [0, 0.05) is 44.7 Å². The van der Waals surface area contributed by atoms with Crippen LogP contribution in [0.5, 0.6) is 0 Å². The third-order valence-corrected chi connectivity index (χ3v) is 10.7. The number of para-hydroxylation sites is 3. The number of nitrogens with zero attached hydrogens (tertiary/aromatic N) is 2. The molecule has 3 heteroatoms. The SMILES string of the molecule is c1ccc(-c2ccc(N(c3ccc4c(c3)oc3ccccc34)c3cccc4c5c6c(ccc7ccccc76)ccc5n(-c5ccccc5)c34)cc2)cc1. The van der Waals surface area contributed by atoms with E-state index in [9.17, 15) is 0 Å². The highest BCUT2D eigenvalue weighted by Gasteiger charge is 2.24. The third-order valence-electron chi connectivity index (χ3n) is 10.7. The minimum Gasteiger partial charge on any atom is -0.456 e. The van der Waals surface area contributed by atoms with E-state index < -0.39 is 0 Å². The molecule has 9 aromatic carbocycles. The lowest BCUT2D eigenvalue weighted by molar-refractivity contribution is 0.669. The number of fused-ring (bicyclic) bond motifs is 10. The van der Waals surface area contributed by atoms with E-state index in [0.29, 0.717) is 0 Å². The fourth-order valence-electron chi connectivity index (χ4n) is 8.37. The van der Waals surface area contributed by atoms with Gasteiger partial charge in [-0.2, -0.15) is 0 Å². The average Bonchev–Trinajstić information content (AvgIpc) is 3.78. The highest BCUT2D eigenvalue weighted by Crippen LogP contribution is 2.47. The van der Waals surface area contributed by atoms with Crippen molar-refractivity contribution in [2.24, 2.45) is 0 Å². The summed E-state index contributed by atoms with van der Waals surface area (Å²) in [6.07, 6.45) is 0. The summed E-state index contributed by atoms with van der Waals surface area (Å²) in [4.78, 5) is 2.39. The second-order valence-electron chi connectivity index (χ2n) is 13.7. The Morgan fingerprint density at radius 3 is 1.89 bits per heavy atom. The molecular formula is C50H32N2O. The number of benzene rings is 9. The second-order valence-corrected chi connectivity index (χ2v) is 13.7. The van der Waals surface area contributed by atoms with Gasteiger partial charge < -0.3 is 13.9 Å². The lowest BCUT2D eigenvalue weighted by Crippen LogP contribution is -2.11. The monoisotopic (exact) mass is 676 g/mol. The summed E-state index contributed by atoms with van der Waals surface area (Å²) in [5.74, 6) is 0. The van der Waals surface area contributed by atoms with Crippen molar-refractivity contribution >= 4 is 82.4 Å². The fourth-order valence-corrected chi connectivity index (χ4v) is 8.37. The van der Waals surface area contributed by atoms with Crippen LogP contribution in [0, 0.1) is 0 Å². The maximum atomic E-state index is 6.48. The Hall–Kier alpha value is -7.10. The Bertz CT molecular complexity index is 3160. The Balaban J connectivity index is 1.25. The predicted molar refractivity (Wildman–Crippen MR) is 223 cm³/mol. The molecule has 0 unspecified atom stereocenters. The Morgan fingerprint density at radius 1 is 0.396 bits per heavy atom. The number of hydrogen-bond acceptors (Lipinski definition) is 2. The molecular weight excluding hydrogens is 645 g/mol. The molecule has 0 fully saturated rings. The molecule has 0 aliphatic carbocycles. The predicted octanol–water partition coefficient (Wildman–Crippen LogP) is 14.1. The molecule has 53 heavy (non-hydrogen) atoms. The van der Waals surface area contributed by atoms with Crippen molar-refractivity contribution in [3.8, 4) is 16.8 Å². The highest BCUT2D eigenvalue weighted by molar-refractivity contribution is 6.29. The van der Waals surface area contributed by atoms with Crippen LogP contribution in [0.1, 0.15) is 0 Å². The molecule has 0 saturated heterocycles. The summed E-state index contributed by atoms with van der Waals surface area (Å²) >= 11 is 0. The molecule has 3 nitrogen and oxygen atoms in total. The molecule has 0 saturated carbocycles. The van der Waals surface area contributed by atoms with Crippen LogP contribution in [-0.2, 0) is 0 Å². The smallest absolute Gasteiger partial charge is 0.137 e. The van der Waals surface area contributed by atoms with Gasteiger partial charge >= 0.3 is 0 Å². The normalized spacial score (nSPS) is 11.8. The first kappa shape index (κ1) is 29.6. The number of aromatic nitrogens is 1. The van der Waals surface area contributed by atoms with Crippen molar-refractivity contribution in [3.63, 3.8) is 0 Å². The lowest BCUT2D eigenvalue weighted by atomic mass is 9.97. The van der Waals surface area contributed by atoms with E-state index in [4.69, 9.17) is 4.42 Å². The van der Waals surface area contributed by atoms with Gasteiger partial charge in [0.2, 0.25) is 0 Å². The summed E-state index contributed by atoms with van der Waals surface area (Å²) in [5, 5.41) is 9.71. The molecule has 2 heterocycles. The first-order valence-corrected chi connectivity index (χ1v) is 18.1. The average molecular weight is 677 g/mol. The van der Waals surface area contributed by atoms with Gasteiger partial charge in [0.25, 0.3) is 0 Å². The van der Waals surface area contributed by atoms with E-state index in [-0.39, 0.29) is 0 Å². The molecule has 0 spiro atoms. The first-order valence-electron chi connectivity index (χ1n) is 18.1. The fraction of sp³-hybridized carbons (Fsp3) is 0. The van der Waals surface area contributed by atoms with Gasteiger partial charge in [-0.3, -0.25) is 0 Å². The first-order chi connectivity index (χ1) is 26.3. The molecule has 0 atom stereocenters. The summed E-state index contributed by atoms with van der Waals surface area (Å²) < 4.78 is 8.93. The zero-order valence-corrected chi connectivity index (χ0v) is 28.8. The van der Waals surface area contributed by atoms with Crippen LogP contribution in [0.25, 0.3) is 82.1 Å². The zero-order chi connectivity index (χ0) is 34.9. The quantitative estimate of drug-likeness (QED) is 0.169. The van der Waals surface area contributed by atoms with Gasteiger partial charge in [0.1, 0.15) is 11.2 Å². The van der Waals surface area contributed by atoms with E-state index >= 15 is 0 Å². The van der Waals surface area contributed by atoms with Crippen LogP contribution < -0.4 is 4.90 Å². The Kier molecular flexibility index (Phi) is 6.55. The second kappa shape index (κ2) is 11.7. The van der Waals surface area contributed by atoms with Crippen LogP contribution in [0.4, 0.5) is 17.1 Å². The van der Waals surface area contributed by atoms with E-state index in [1.807, 2.05) is 12.1 Å². The molecule has 11 aromatic rings. The van der Waals surface area contributed by atoms with Crippen molar-refractivity contribution in [1.29, 1.82) is 0 Å². The van der Waals surface area contributed by atoms with E-state index in [1.54, 1.807) is 0 Å². The highest BCUT2D eigenvalue weighted by atomic mass is 16.3. The summed E-state index contributed by atoms with van der Waals surface area (Å²) in [7, 11) is 0. The summed E-state index contributed by atoms with van der Waals surface area (Å²) in [6, 6.07) is 69.7. The standard InChI is InChI=1S/C50H32N2O/c1-3-12-33(13-4-1)34-24-27-38(28-25-34)51(39-29-30-42-41-18-9-10-21-46(41)53-47(42)32-39)45-20-11-19-43-49-44(52(50(43)45)37-15-5-2-6-16-37)31-26-36-23-22-35-14-7-8-17-40(35)48(36)49/h1-32H. The minimum atomic E-state index is 0.864. The molecule has 0 bridgehead atoms. The molecule has 0 amide bonds. The third kappa shape index (κ3) is 4.61. The Labute approximate surface area is 306 Å². The van der Waals surface area contributed by atoms with Crippen LogP contribution >= 0.6 is 0 Å².